The van der Waals surface area contributed by atoms with Crippen LogP contribution in [0.5, 0.6) is 0 Å². The Morgan fingerprint density at radius 3 is 2.15 bits per heavy atom. The largest absolute Gasteiger partial charge is 0.295 e. The third-order valence-electron chi connectivity index (χ3n) is 1.95. The number of hydrogen-bond donors (Lipinski definition) is 0. The molecule has 76 valence electrons. The summed E-state index contributed by atoms with van der Waals surface area (Å²) in [6.45, 7) is 10.4. The molecule has 0 heterocycles. The maximum absolute atomic E-state index is 10.7. The number of hydrogen-bond acceptors (Lipinski definition) is 1. The van der Waals surface area contributed by atoms with E-state index in [1.807, 2.05) is 6.92 Å². The van der Waals surface area contributed by atoms with Crippen LogP contribution in [0.2, 0.25) is 0 Å². The second-order valence-corrected chi connectivity index (χ2v) is 5.02. The summed E-state index contributed by atoms with van der Waals surface area (Å²) in [5.74, 6) is 0.160. The van der Waals surface area contributed by atoms with Gasteiger partial charge in [-0.25, -0.2) is 0 Å². The first-order valence-corrected chi connectivity index (χ1v) is 4.99. The minimum atomic E-state index is 0.160. The van der Waals surface area contributed by atoms with Gasteiger partial charge in [-0.2, -0.15) is 0 Å². The Kier molecular flexibility index (Phi) is 4.97. The van der Waals surface area contributed by atoms with E-state index in [1.165, 1.54) is 18.4 Å². The van der Waals surface area contributed by atoms with Crippen LogP contribution in [0.15, 0.2) is 11.6 Å². The molecule has 0 aliphatic rings. The summed E-state index contributed by atoms with van der Waals surface area (Å²) >= 11 is 0. The van der Waals surface area contributed by atoms with Gasteiger partial charge in [-0.1, -0.05) is 26.3 Å². The SMILES string of the molecule is CC(=O)C=C(C)CCCC(C)(C)C. The van der Waals surface area contributed by atoms with Gasteiger partial charge in [0.1, 0.15) is 0 Å². The van der Waals surface area contributed by atoms with Gasteiger partial charge in [-0.3, -0.25) is 4.79 Å². The lowest BCUT2D eigenvalue weighted by molar-refractivity contribution is -0.112. The van der Waals surface area contributed by atoms with Crippen LogP contribution >= 0.6 is 0 Å². The lowest BCUT2D eigenvalue weighted by Crippen LogP contribution is -2.04. The Labute approximate surface area is 82.2 Å². The van der Waals surface area contributed by atoms with Gasteiger partial charge in [0.15, 0.2) is 5.78 Å². The molecule has 0 unspecified atom stereocenters. The molecule has 0 bridgehead atoms. The highest BCUT2D eigenvalue weighted by molar-refractivity contribution is 5.87. The third-order valence-corrected chi connectivity index (χ3v) is 1.95. The van der Waals surface area contributed by atoms with Crippen molar-refractivity contribution in [2.75, 3.05) is 0 Å². The lowest BCUT2D eigenvalue weighted by Gasteiger charge is -2.17. The zero-order chi connectivity index (χ0) is 10.5. The normalized spacial score (nSPS) is 13.2. The fourth-order valence-electron chi connectivity index (χ4n) is 1.32. The monoisotopic (exact) mass is 182 g/mol. The van der Waals surface area contributed by atoms with Crippen molar-refractivity contribution in [3.05, 3.63) is 11.6 Å². The van der Waals surface area contributed by atoms with Crippen molar-refractivity contribution in [3.63, 3.8) is 0 Å². The van der Waals surface area contributed by atoms with E-state index in [9.17, 15) is 4.79 Å². The first-order chi connectivity index (χ1) is 5.81. The summed E-state index contributed by atoms with van der Waals surface area (Å²) in [4.78, 5) is 10.7. The van der Waals surface area contributed by atoms with E-state index in [0.717, 1.165) is 6.42 Å². The quantitative estimate of drug-likeness (QED) is 0.605. The van der Waals surface area contributed by atoms with Gasteiger partial charge in [-0.05, 0) is 44.6 Å². The second kappa shape index (κ2) is 5.21. The van der Waals surface area contributed by atoms with Gasteiger partial charge in [0, 0.05) is 0 Å². The fourth-order valence-corrected chi connectivity index (χ4v) is 1.32. The number of rotatable bonds is 4. The molecule has 1 heteroatoms. The maximum Gasteiger partial charge on any atom is 0.152 e. The van der Waals surface area contributed by atoms with Crippen LogP contribution in [0, 0.1) is 5.41 Å². The summed E-state index contributed by atoms with van der Waals surface area (Å²) < 4.78 is 0. The van der Waals surface area contributed by atoms with Crippen LogP contribution in [0.25, 0.3) is 0 Å². The van der Waals surface area contributed by atoms with Gasteiger partial charge in [-0.15, -0.1) is 0 Å². The molecule has 1 nitrogen and oxygen atoms in total. The standard InChI is InChI=1S/C12H22O/c1-10(9-11(2)13)7-6-8-12(3,4)5/h9H,6-8H2,1-5H3. The highest BCUT2D eigenvalue weighted by Gasteiger charge is 2.08. The highest BCUT2D eigenvalue weighted by atomic mass is 16.1. The average molecular weight is 182 g/mol. The molecule has 0 spiro atoms. The zero-order valence-corrected chi connectivity index (χ0v) is 9.61. The molecule has 0 aromatic rings. The van der Waals surface area contributed by atoms with E-state index in [0.29, 0.717) is 5.41 Å². The van der Waals surface area contributed by atoms with E-state index < -0.39 is 0 Å². The second-order valence-electron chi connectivity index (χ2n) is 5.02. The number of carbonyl (C=O) groups is 1. The minimum Gasteiger partial charge on any atom is -0.295 e. The molecule has 0 saturated carbocycles. The van der Waals surface area contributed by atoms with Crippen LogP contribution in [-0.4, -0.2) is 5.78 Å². The first-order valence-electron chi connectivity index (χ1n) is 4.99. The van der Waals surface area contributed by atoms with Crippen LogP contribution in [0.1, 0.15) is 53.9 Å². The molecule has 0 N–H and O–H groups in total. The number of carbonyl (C=O) groups excluding carboxylic acids is 1. The average Bonchev–Trinajstić information content (AvgIpc) is 1.81. The Morgan fingerprint density at radius 2 is 1.77 bits per heavy atom. The van der Waals surface area contributed by atoms with Crippen molar-refractivity contribution in [3.8, 4) is 0 Å². The molecule has 0 fully saturated rings. The van der Waals surface area contributed by atoms with E-state index in [4.69, 9.17) is 0 Å². The molecule has 0 aliphatic heterocycles. The predicted molar refractivity (Wildman–Crippen MR) is 57.7 cm³/mol. The van der Waals surface area contributed by atoms with Crippen molar-refractivity contribution in [2.24, 2.45) is 5.41 Å². The maximum atomic E-state index is 10.7. The first kappa shape index (κ1) is 12.4. The Hall–Kier alpha value is -0.590. The summed E-state index contributed by atoms with van der Waals surface area (Å²) in [6, 6.07) is 0. The summed E-state index contributed by atoms with van der Waals surface area (Å²) in [6.07, 6.45) is 5.19. The molecular weight excluding hydrogens is 160 g/mol. The molecule has 0 amide bonds. The van der Waals surface area contributed by atoms with Gasteiger partial charge in [0.25, 0.3) is 0 Å². The molecule has 0 rings (SSSR count). The molecular formula is C12H22O. The highest BCUT2D eigenvalue weighted by Crippen LogP contribution is 2.22. The van der Waals surface area contributed by atoms with Crippen molar-refractivity contribution in [1.82, 2.24) is 0 Å². The Morgan fingerprint density at radius 1 is 1.23 bits per heavy atom. The van der Waals surface area contributed by atoms with Crippen molar-refractivity contribution in [1.29, 1.82) is 0 Å². The number of allylic oxidation sites excluding steroid dienone is 2. The lowest BCUT2D eigenvalue weighted by atomic mass is 9.89. The predicted octanol–water partition coefficient (Wildman–Crippen LogP) is 3.74. The molecule has 0 atom stereocenters. The molecule has 0 aliphatic carbocycles. The van der Waals surface area contributed by atoms with Gasteiger partial charge >= 0.3 is 0 Å². The fraction of sp³-hybridized carbons (Fsp3) is 0.750. The Bertz CT molecular complexity index is 194. The number of ketones is 1. The summed E-state index contributed by atoms with van der Waals surface area (Å²) in [7, 11) is 0. The Balaban J connectivity index is 3.72. The van der Waals surface area contributed by atoms with Gasteiger partial charge in [0.05, 0.1) is 0 Å². The molecule has 0 radical (unpaired) electrons. The van der Waals surface area contributed by atoms with Crippen LogP contribution < -0.4 is 0 Å². The summed E-state index contributed by atoms with van der Waals surface area (Å²) in [5, 5.41) is 0. The third kappa shape index (κ3) is 9.32. The molecule has 13 heavy (non-hydrogen) atoms. The van der Waals surface area contributed by atoms with Crippen molar-refractivity contribution < 1.29 is 4.79 Å². The smallest absolute Gasteiger partial charge is 0.152 e. The minimum absolute atomic E-state index is 0.160. The van der Waals surface area contributed by atoms with Gasteiger partial charge < -0.3 is 0 Å². The van der Waals surface area contributed by atoms with Crippen molar-refractivity contribution >= 4 is 5.78 Å². The van der Waals surface area contributed by atoms with Crippen LogP contribution in [-0.2, 0) is 4.79 Å². The summed E-state index contributed by atoms with van der Waals surface area (Å²) in [5.41, 5.74) is 1.62. The topological polar surface area (TPSA) is 17.1 Å². The van der Waals surface area contributed by atoms with E-state index >= 15 is 0 Å². The molecule has 0 aromatic heterocycles. The van der Waals surface area contributed by atoms with E-state index in [2.05, 4.69) is 20.8 Å². The molecule has 0 saturated heterocycles. The van der Waals surface area contributed by atoms with Crippen molar-refractivity contribution in [2.45, 2.75) is 53.9 Å². The van der Waals surface area contributed by atoms with E-state index in [1.54, 1.807) is 13.0 Å². The van der Waals surface area contributed by atoms with Gasteiger partial charge in [0.2, 0.25) is 0 Å². The van der Waals surface area contributed by atoms with Crippen LogP contribution in [0.3, 0.4) is 0 Å². The van der Waals surface area contributed by atoms with E-state index in [-0.39, 0.29) is 5.78 Å². The van der Waals surface area contributed by atoms with Crippen LogP contribution in [0.4, 0.5) is 0 Å². The zero-order valence-electron chi connectivity index (χ0n) is 9.61. The molecule has 0 aromatic carbocycles.